The summed E-state index contributed by atoms with van der Waals surface area (Å²) in [7, 11) is 0. The first-order valence-electron chi connectivity index (χ1n) is 7.61. The van der Waals surface area contributed by atoms with Crippen molar-refractivity contribution in [2.24, 2.45) is 0 Å². The Balaban J connectivity index is 2.03. The van der Waals surface area contributed by atoms with E-state index in [0.717, 1.165) is 29.1 Å². The van der Waals surface area contributed by atoms with E-state index >= 15 is 0 Å². The minimum Gasteiger partial charge on any atom is -0.388 e. The molecule has 0 saturated heterocycles. The van der Waals surface area contributed by atoms with Crippen molar-refractivity contribution in [3.05, 3.63) is 46.8 Å². The highest BCUT2D eigenvalue weighted by atomic mass is 35.5. The van der Waals surface area contributed by atoms with Gasteiger partial charge in [-0.3, -0.25) is 4.57 Å². The quantitative estimate of drug-likeness (QED) is 0.541. The van der Waals surface area contributed by atoms with Crippen LogP contribution in [0.2, 0.25) is 5.02 Å². The maximum Gasteiger partial charge on any atom is 0.166 e. The summed E-state index contributed by atoms with van der Waals surface area (Å²) in [5.41, 5.74) is 3.43. The van der Waals surface area contributed by atoms with Crippen LogP contribution < -0.4 is 0 Å². The second-order valence-corrected chi connectivity index (χ2v) is 5.85. The third kappa shape index (κ3) is 2.21. The molecule has 2 aromatic heterocycles. The predicted molar refractivity (Wildman–Crippen MR) is 89.8 cm³/mol. The van der Waals surface area contributed by atoms with E-state index in [4.69, 9.17) is 11.6 Å². The van der Waals surface area contributed by atoms with Gasteiger partial charge in [0.1, 0.15) is 18.6 Å². The molecule has 0 radical (unpaired) electrons. The molecule has 0 fully saturated rings. The molecule has 1 aliphatic rings. The summed E-state index contributed by atoms with van der Waals surface area (Å²) >= 11 is 6.18. The maximum atomic E-state index is 9.59. The first kappa shape index (κ1) is 14.9. The van der Waals surface area contributed by atoms with Gasteiger partial charge in [0.05, 0.1) is 17.9 Å². The van der Waals surface area contributed by atoms with Gasteiger partial charge in [-0.2, -0.15) is 0 Å². The fraction of sp³-hybridized carbons (Fsp3) is 0.235. The zero-order valence-corrected chi connectivity index (χ0v) is 13.7. The van der Waals surface area contributed by atoms with Gasteiger partial charge in [-0.25, -0.2) is 4.98 Å². The number of aromatic nitrogens is 5. The van der Waals surface area contributed by atoms with Crippen molar-refractivity contribution in [1.82, 2.24) is 24.3 Å². The third-order valence-electron chi connectivity index (χ3n) is 3.99. The number of fused-ring (bicyclic) bond motifs is 5. The lowest BCUT2D eigenvalue weighted by Gasteiger charge is -2.08. The molecule has 0 saturated carbocycles. The lowest BCUT2D eigenvalue weighted by molar-refractivity contribution is 0.265. The van der Waals surface area contributed by atoms with E-state index in [-0.39, 0.29) is 6.61 Å². The number of halogens is 1. The molecule has 7 heteroatoms. The van der Waals surface area contributed by atoms with E-state index in [1.165, 1.54) is 0 Å². The Bertz CT molecular complexity index is 992. The number of imidazole rings is 1. The average molecular weight is 340 g/mol. The molecule has 24 heavy (non-hydrogen) atoms. The highest BCUT2D eigenvalue weighted by molar-refractivity contribution is 6.31. The van der Waals surface area contributed by atoms with Crippen LogP contribution in [0.25, 0.3) is 17.1 Å². The number of nitrogens with zero attached hydrogens (tertiary/aromatic N) is 5. The lowest BCUT2D eigenvalue weighted by atomic mass is 10.1. The molecule has 1 aromatic carbocycles. The van der Waals surface area contributed by atoms with Gasteiger partial charge in [0.2, 0.25) is 0 Å². The summed E-state index contributed by atoms with van der Waals surface area (Å²) < 4.78 is 3.88. The van der Waals surface area contributed by atoms with Crippen molar-refractivity contribution in [3.8, 4) is 28.9 Å². The van der Waals surface area contributed by atoms with Crippen molar-refractivity contribution in [3.63, 3.8) is 0 Å². The lowest BCUT2D eigenvalue weighted by Crippen LogP contribution is -2.08. The monoisotopic (exact) mass is 339 g/mol. The molecule has 4 rings (SSSR count). The highest BCUT2D eigenvalue weighted by Gasteiger charge is 2.25. The molecule has 0 bridgehead atoms. The van der Waals surface area contributed by atoms with Gasteiger partial charge in [0.25, 0.3) is 0 Å². The van der Waals surface area contributed by atoms with Gasteiger partial charge >= 0.3 is 0 Å². The van der Waals surface area contributed by atoms with Gasteiger partial charge in [0, 0.05) is 17.0 Å². The van der Waals surface area contributed by atoms with Crippen molar-refractivity contribution < 1.29 is 5.11 Å². The Morgan fingerprint density at radius 1 is 1.33 bits per heavy atom. The zero-order valence-electron chi connectivity index (χ0n) is 13.0. The highest BCUT2D eigenvalue weighted by Crippen LogP contribution is 2.33. The minimum atomic E-state index is -0.187. The molecule has 6 nitrogen and oxygen atoms in total. The van der Waals surface area contributed by atoms with Crippen molar-refractivity contribution in [1.29, 1.82) is 0 Å². The summed E-state index contributed by atoms with van der Waals surface area (Å²) in [6.07, 6.45) is 2.53. The van der Waals surface area contributed by atoms with Crippen LogP contribution in [0.4, 0.5) is 0 Å². The first-order valence-corrected chi connectivity index (χ1v) is 7.99. The smallest absolute Gasteiger partial charge is 0.166 e. The number of rotatable bonds is 1. The molecule has 0 atom stereocenters. The molecule has 1 N–H and O–H groups in total. The second kappa shape index (κ2) is 5.78. The number of hydrogen-bond donors (Lipinski definition) is 1. The van der Waals surface area contributed by atoms with Crippen molar-refractivity contribution in [2.75, 3.05) is 0 Å². The van der Waals surface area contributed by atoms with Crippen LogP contribution in [-0.2, 0) is 13.2 Å². The van der Waals surface area contributed by atoms with Crippen molar-refractivity contribution in [2.45, 2.75) is 26.5 Å². The first-order chi connectivity index (χ1) is 11.7. The normalized spacial score (nSPS) is 11.8. The largest absolute Gasteiger partial charge is 0.388 e. The topological polar surface area (TPSA) is 68.8 Å². The molecule has 3 aromatic rings. The summed E-state index contributed by atoms with van der Waals surface area (Å²) in [4.78, 5) is 4.45. The minimum absolute atomic E-state index is 0.187. The summed E-state index contributed by atoms with van der Waals surface area (Å²) in [5.74, 6) is 7.35. The SMILES string of the molecule is CCC#Cc1ncn2c1Cn1c(CO)nnc1-c1cc(Cl)ccc1-2. The molecule has 3 heterocycles. The molecule has 0 amide bonds. The van der Waals surface area contributed by atoms with Gasteiger partial charge in [-0.05, 0) is 24.1 Å². The molecule has 1 aliphatic heterocycles. The summed E-state index contributed by atoms with van der Waals surface area (Å²) in [6.45, 7) is 2.30. The van der Waals surface area contributed by atoms with Gasteiger partial charge < -0.3 is 9.67 Å². The van der Waals surface area contributed by atoms with Crippen LogP contribution in [0.1, 0.15) is 30.6 Å². The van der Waals surface area contributed by atoms with E-state index in [9.17, 15) is 5.11 Å². The van der Waals surface area contributed by atoms with Crippen molar-refractivity contribution >= 4 is 11.6 Å². The van der Waals surface area contributed by atoms with Crippen LogP contribution in [0, 0.1) is 11.8 Å². The van der Waals surface area contributed by atoms with E-state index in [1.54, 1.807) is 6.33 Å². The van der Waals surface area contributed by atoms with E-state index < -0.39 is 0 Å². The fourth-order valence-electron chi connectivity index (χ4n) is 2.87. The Kier molecular flexibility index (Phi) is 3.60. The molecule has 120 valence electrons. The van der Waals surface area contributed by atoms with E-state index in [1.807, 2.05) is 34.3 Å². The predicted octanol–water partition coefficient (Wildman–Crippen LogP) is 2.40. The Morgan fingerprint density at radius 2 is 2.21 bits per heavy atom. The average Bonchev–Trinajstić information content (AvgIpc) is 3.14. The van der Waals surface area contributed by atoms with Crippen LogP contribution in [0.15, 0.2) is 24.5 Å². The van der Waals surface area contributed by atoms with E-state index in [2.05, 4.69) is 27.0 Å². The Labute approximate surface area is 143 Å². The number of hydrogen-bond acceptors (Lipinski definition) is 4. The Hall–Kier alpha value is -2.62. The summed E-state index contributed by atoms with van der Waals surface area (Å²) in [5, 5.41) is 18.5. The zero-order chi connectivity index (χ0) is 16.7. The number of benzene rings is 1. The van der Waals surface area contributed by atoms with Gasteiger partial charge in [-0.15, -0.1) is 10.2 Å². The van der Waals surface area contributed by atoms with Crippen LogP contribution >= 0.6 is 11.6 Å². The fourth-order valence-corrected chi connectivity index (χ4v) is 3.05. The van der Waals surface area contributed by atoms with Gasteiger partial charge in [-0.1, -0.05) is 24.4 Å². The maximum absolute atomic E-state index is 9.59. The van der Waals surface area contributed by atoms with E-state index in [0.29, 0.717) is 23.2 Å². The molecular formula is C17H14ClN5O. The molecule has 0 spiro atoms. The molecule has 0 unspecified atom stereocenters. The van der Waals surface area contributed by atoms with Crippen LogP contribution in [0.5, 0.6) is 0 Å². The summed E-state index contributed by atoms with van der Waals surface area (Å²) in [6, 6.07) is 5.62. The Morgan fingerprint density at radius 3 is 3.00 bits per heavy atom. The van der Waals surface area contributed by atoms with Crippen LogP contribution in [-0.4, -0.2) is 29.4 Å². The van der Waals surface area contributed by atoms with Crippen LogP contribution in [0.3, 0.4) is 0 Å². The third-order valence-corrected chi connectivity index (χ3v) is 4.22. The molecule has 0 aliphatic carbocycles. The molecular weight excluding hydrogens is 326 g/mol. The second-order valence-electron chi connectivity index (χ2n) is 5.41. The van der Waals surface area contributed by atoms with Gasteiger partial charge in [0.15, 0.2) is 11.6 Å². The standard InChI is InChI=1S/C17H14ClN5O/c1-2-3-4-13-15-8-22-16(9-24)20-21-17(22)12-7-11(18)5-6-14(12)23(15)10-19-13/h5-7,10,24H,2,8-9H2,1H3. The number of aliphatic hydroxyl groups excluding tert-OH is 1. The number of aliphatic hydroxyl groups is 1.